The summed E-state index contributed by atoms with van der Waals surface area (Å²) in [6.45, 7) is 6.71. The highest BCUT2D eigenvalue weighted by Crippen LogP contribution is 2.18. The fourth-order valence-electron chi connectivity index (χ4n) is 2.24. The zero-order valence-corrected chi connectivity index (χ0v) is 11.8. The summed E-state index contributed by atoms with van der Waals surface area (Å²) in [5.74, 6) is 2.07. The number of nitrogens with one attached hydrogen (secondary N) is 1. The highest BCUT2D eigenvalue weighted by molar-refractivity contribution is 7.98. The molecule has 5 nitrogen and oxygen atoms in total. The predicted molar refractivity (Wildman–Crippen MR) is 76.9 cm³/mol. The lowest BCUT2D eigenvalue weighted by molar-refractivity contribution is 0.345. The third-order valence-corrected chi connectivity index (χ3v) is 3.84. The van der Waals surface area contributed by atoms with Gasteiger partial charge in [0.15, 0.2) is 5.16 Å². The number of thioether (sulfide) groups is 1. The van der Waals surface area contributed by atoms with Crippen LogP contribution in [0.1, 0.15) is 13.3 Å². The largest absolute Gasteiger partial charge is 0.383 e. The molecule has 1 unspecified atom stereocenters. The van der Waals surface area contributed by atoms with Gasteiger partial charge in [0.1, 0.15) is 11.6 Å². The van der Waals surface area contributed by atoms with Gasteiger partial charge in [0, 0.05) is 19.2 Å². The molecule has 1 aliphatic heterocycles. The van der Waals surface area contributed by atoms with Crippen LogP contribution in [0.4, 0.5) is 11.6 Å². The monoisotopic (exact) mass is 267 g/mol. The molecule has 0 amide bonds. The summed E-state index contributed by atoms with van der Waals surface area (Å²) in [6, 6.07) is 1.80. The zero-order chi connectivity index (χ0) is 13.0. The molecule has 2 heterocycles. The number of likely N-dealkylation sites (tertiary alicyclic amines) is 1. The summed E-state index contributed by atoms with van der Waals surface area (Å²) >= 11 is 1.51. The van der Waals surface area contributed by atoms with Crippen LogP contribution in [0.15, 0.2) is 11.2 Å². The number of aromatic nitrogens is 2. The molecule has 1 aromatic heterocycles. The minimum Gasteiger partial charge on any atom is -0.383 e. The third-order valence-electron chi connectivity index (χ3n) is 3.30. The van der Waals surface area contributed by atoms with Crippen molar-refractivity contribution in [2.45, 2.75) is 18.5 Å². The van der Waals surface area contributed by atoms with Crippen molar-refractivity contribution in [3.63, 3.8) is 0 Å². The van der Waals surface area contributed by atoms with Crippen molar-refractivity contribution in [2.75, 3.05) is 43.5 Å². The summed E-state index contributed by atoms with van der Waals surface area (Å²) in [6.07, 6.45) is 3.21. The van der Waals surface area contributed by atoms with Crippen LogP contribution in [0, 0.1) is 5.92 Å². The zero-order valence-electron chi connectivity index (χ0n) is 11.0. The van der Waals surface area contributed by atoms with E-state index in [1.54, 1.807) is 6.07 Å². The first kappa shape index (κ1) is 13.4. The van der Waals surface area contributed by atoms with Crippen LogP contribution in [0.25, 0.3) is 0 Å². The first-order valence-corrected chi connectivity index (χ1v) is 7.58. The van der Waals surface area contributed by atoms with E-state index in [-0.39, 0.29) is 0 Å². The van der Waals surface area contributed by atoms with Crippen LogP contribution in [0.3, 0.4) is 0 Å². The predicted octanol–water partition coefficient (Wildman–Crippen LogP) is 1.53. The summed E-state index contributed by atoms with van der Waals surface area (Å²) in [5.41, 5.74) is 5.75. The van der Waals surface area contributed by atoms with Crippen LogP contribution in [0.2, 0.25) is 0 Å². The van der Waals surface area contributed by atoms with Gasteiger partial charge in [0.25, 0.3) is 0 Å². The highest BCUT2D eigenvalue weighted by Gasteiger charge is 2.20. The molecule has 0 bridgehead atoms. The molecule has 1 aliphatic rings. The van der Waals surface area contributed by atoms with Crippen molar-refractivity contribution < 1.29 is 0 Å². The number of hydrogen-bond acceptors (Lipinski definition) is 6. The van der Waals surface area contributed by atoms with Gasteiger partial charge in [-0.15, -0.1) is 0 Å². The maximum absolute atomic E-state index is 5.75. The smallest absolute Gasteiger partial charge is 0.191 e. The second-order valence-corrected chi connectivity index (χ2v) is 5.37. The quantitative estimate of drug-likeness (QED) is 0.623. The van der Waals surface area contributed by atoms with Gasteiger partial charge < -0.3 is 16.0 Å². The summed E-state index contributed by atoms with van der Waals surface area (Å²) in [5, 5.41) is 4.10. The van der Waals surface area contributed by atoms with Gasteiger partial charge in [0.05, 0.1) is 0 Å². The summed E-state index contributed by atoms with van der Waals surface area (Å²) in [7, 11) is 0. The topological polar surface area (TPSA) is 67.1 Å². The van der Waals surface area contributed by atoms with Crippen molar-refractivity contribution in [3.05, 3.63) is 6.07 Å². The Balaban J connectivity index is 1.88. The standard InChI is InChI=1S/C12H21N5S/c1-3-17-5-4-9(8-17)7-14-11-6-10(13)15-12(16-11)18-2/h6,9H,3-5,7-8H2,1-2H3,(H3,13,14,15,16). The minimum atomic E-state index is 0.526. The van der Waals surface area contributed by atoms with E-state index in [2.05, 4.69) is 27.1 Å². The van der Waals surface area contributed by atoms with Gasteiger partial charge in [-0.3, -0.25) is 0 Å². The summed E-state index contributed by atoms with van der Waals surface area (Å²) < 4.78 is 0. The molecule has 3 N–H and O–H groups in total. The molecule has 0 saturated carbocycles. The molecule has 6 heteroatoms. The van der Waals surface area contributed by atoms with Gasteiger partial charge in [-0.1, -0.05) is 18.7 Å². The molecular weight excluding hydrogens is 246 g/mol. The Hall–Kier alpha value is -1.01. The van der Waals surface area contributed by atoms with Crippen LogP contribution in [0.5, 0.6) is 0 Å². The average molecular weight is 267 g/mol. The van der Waals surface area contributed by atoms with Crippen molar-refractivity contribution in [2.24, 2.45) is 5.92 Å². The second kappa shape index (κ2) is 6.24. The SMILES string of the molecule is CCN1CCC(CNc2cc(N)nc(SC)n2)C1. The van der Waals surface area contributed by atoms with Crippen LogP contribution < -0.4 is 11.1 Å². The van der Waals surface area contributed by atoms with E-state index in [0.29, 0.717) is 11.7 Å². The van der Waals surface area contributed by atoms with E-state index < -0.39 is 0 Å². The third kappa shape index (κ3) is 3.49. The molecular formula is C12H21N5S. The Morgan fingerprint density at radius 1 is 1.56 bits per heavy atom. The van der Waals surface area contributed by atoms with Crippen LogP contribution in [-0.2, 0) is 0 Å². The number of nitrogens with zero attached hydrogens (tertiary/aromatic N) is 3. The Bertz CT molecular complexity index is 398. The van der Waals surface area contributed by atoms with Gasteiger partial charge in [-0.05, 0) is 31.7 Å². The Labute approximate surface area is 113 Å². The number of nitrogen functional groups attached to an aromatic ring is 1. The number of nitrogens with two attached hydrogens (primary N) is 1. The molecule has 18 heavy (non-hydrogen) atoms. The van der Waals surface area contributed by atoms with Crippen molar-refractivity contribution in [1.82, 2.24) is 14.9 Å². The lowest BCUT2D eigenvalue weighted by atomic mass is 10.1. The maximum Gasteiger partial charge on any atom is 0.191 e. The van der Waals surface area contributed by atoms with E-state index in [0.717, 1.165) is 24.1 Å². The number of rotatable bonds is 5. The van der Waals surface area contributed by atoms with E-state index in [1.165, 1.54) is 31.3 Å². The molecule has 0 aromatic carbocycles. The molecule has 1 aromatic rings. The first-order chi connectivity index (χ1) is 8.71. The molecule has 0 spiro atoms. The van der Waals surface area contributed by atoms with Crippen molar-refractivity contribution >= 4 is 23.4 Å². The molecule has 1 saturated heterocycles. The van der Waals surface area contributed by atoms with E-state index in [1.807, 2.05) is 6.26 Å². The lowest BCUT2D eigenvalue weighted by Crippen LogP contribution is -2.22. The van der Waals surface area contributed by atoms with Gasteiger partial charge >= 0.3 is 0 Å². The second-order valence-electron chi connectivity index (χ2n) is 4.59. The normalized spacial score (nSPS) is 20.2. The van der Waals surface area contributed by atoms with E-state index in [9.17, 15) is 0 Å². The van der Waals surface area contributed by atoms with E-state index in [4.69, 9.17) is 5.73 Å². The average Bonchev–Trinajstić information content (AvgIpc) is 2.83. The number of anilines is 2. The van der Waals surface area contributed by atoms with Crippen molar-refractivity contribution in [3.8, 4) is 0 Å². The van der Waals surface area contributed by atoms with Gasteiger partial charge in [0.2, 0.25) is 0 Å². The molecule has 2 rings (SSSR count). The Kier molecular flexibility index (Phi) is 4.66. The van der Waals surface area contributed by atoms with Crippen LogP contribution in [-0.4, -0.2) is 47.3 Å². The molecule has 100 valence electrons. The Morgan fingerprint density at radius 3 is 3.06 bits per heavy atom. The maximum atomic E-state index is 5.75. The molecule has 1 atom stereocenters. The molecule has 0 radical (unpaired) electrons. The highest BCUT2D eigenvalue weighted by atomic mass is 32.2. The fourth-order valence-corrected chi connectivity index (χ4v) is 2.63. The lowest BCUT2D eigenvalue weighted by Gasteiger charge is -2.14. The molecule has 0 aliphatic carbocycles. The molecule has 1 fully saturated rings. The van der Waals surface area contributed by atoms with Gasteiger partial charge in [-0.2, -0.15) is 0 Å². The van der Waals surface area contributed by atoms with Crippen molar-refractivity contribution in [1.29, 1.82) is 0 Å². The Morgan fingerprint density at radius 2 is 2.39 bits per heavy atom. The van der Waals surface area contributed by atoms with E-state index >= 15 is 0 Å². The number of hydrogen-bond donors (Lipinski definition) is 2. The minimum absolute atomic E-state index is 0.526. The fraction of sp³-hybridized carbons (Fsp3) is 0.667. The van der Waals surface area contributed by atoms with Crippen LogP contribution >= 0.6 is 11.8 Å². The first-order valence-electron chi connectivity index (χ1n) is 6.36. The summed E-state index contributed by atoms with van der Waals surface area (Å²) in [4.78, 5) is 11.0. The van der Waals surface area contributed by atoms with Gasteiger partial charge in [-0.25, -0.2) is 9.97 Å².